The van der Waals surface area contributed by atoms with E-state index in [0.717, 1.165) is 11.3 Å². The molecule has 0 saturated carbocycles. The Balaban J connectivity index is 1.42. The van der Waals surface area contributed by atoms with E-state index < -0.39 is 5.79 Å². The van der Waals surface area contributed by atoms with Gasteiger partial charge in [-0.15, -0.1) is 0 Å². The van der Waals surface area contributed by atoms with Gasteiger partial charge in [0.15, 0.2) is 22.8 Å². The number of rotatable bonds is 5. The summed E-state index contributed by atoms with van der Waals surface area (Å²) in [6.45, 7) is 4.94. The molecular weight excluding hydrogens is 370 g/mol. The first-order valence-electron chi connectivity index (χ1n) is 9.65. The molecule has 150 valence electrons. The molecule has 5 rings (SSSR count). The van der Waals surface area contributed by atoms with Crippen LogP contribution in [0.5, 0.6) is 0 Å². The molecule has 1 aromatic carbocycles. The second kappa shape index (κ2) is 6.91. The van der Waals surface area contributed by atoms with Crippen LogP contribution < -0.4 is 5.73 Å². The number of imidazole rings is 1. The number of benzene rings is 1. The monoisotopic (exact) mass is 393 g/mol. The fraction of sp³-hybridized carbons (Fsp3) is 0.381. The van der Waals surface area contributed by atoms with Gasteiger partial charge in [0, 0.05) is 5.92 Å². The Morgan fingerprint density at radius 3 is 2.79 bits per heavy atom. The Bertz CT molecular complexity index is 1060. The zero-order chi connectivity index (χ0) is 20.0. The minimum Gasteiger partial charge on any atom is -0.382 e. The Morgan fingerprint density at radius 2 is 1.97 bits per heavy atom. The lowest BCUT2D eigenvalue weighted by Crippen LogP contribution is -2.28. The molecule has 2 aromatic heterocycles. The molecule has 3 atom stereocenters. The highest BCUT2D eigenvalue weighted by molar-refractivity contribution is 5.84. The molecule has 1 fully saturated rings. The maximum Gasteiger partial charge on any atom is 0.169 e. The molecular formula is C21H23N5O3. The minimum atomic E-state index is -0.670. The normalized spacial score (nSPS) is 25.3. The third-order valence-corrected chi connectivity index (χ3v) is 5.29. The summed E-state index contributed by atoms with van der Waals surface area (Å²) < 4.78 is 20.3. The van der Waals surface area contributed by atoms with Crippen molar-refractivity contribution in [2.45, 2.75) is 38.4 Å². The van der Waals surface area contributed by atoms with Gasteiger partial charge in [0.2, 0.25) is 0 Å². The molecule has 1 saturated heterocycles. The third-order valence-electron chi connectivity index (χ3n) is 5.29. The van der Waals surface area contributed by atoms with Gasteiger partial charge in [-0.3, -0.25) is 4.57 Å². The van der Waals surface area contributed by atoms with Crippen molar-refractivity contribution < 1.29 is 14.2 Å². The molecule has 8 heteroatoms. The third kappa shape index (κ3) is 3.29. The van der Waals surface area contributed by atoms with Gasteiger partial charge >= 0.3 is 0 Å². The smallest absolute Gasteiger partial charge is 0.169 e. The lowest BCUT2D eigenvalue weighted by Gasteiger charge is -2.20. The van der Waals surface area contributed by atoms with Crippen molar-refractivity contribution in [2.24, 2.45) is 5.92 Å². The van der Waals surface area contributed by atoms with Crippen LogP contribution in [0.3, 0.4) is 0 Å². The van der Waals surface area contributed by atoms with Crippen molar-refractivity contribution in [2.75, 3.05) is 12.3 Å². The molecule has 0 bridgehead atoms. The molecule has 2 N–H and O–H groups in total. The molecule has 3 heterocycles. The maximum absolute atomic E-state index is 6.21. The van der Waals surface area contributed by atoms with Crippen LogP contribution in [-0.2, 0) is 20.8 Å². The largest absolute Gasteiger partial charge is 0.382 e. The number of nitrogens with two attached hydrogens (primary N) is 1. The summed E-state index contributed by atoms with van der Waals surface area (Å²) in [7, 11) is 0. The Labute approximate surface area is 168 Å². The van der Waals surface area contributed by atoms with E-state index >= 15 is 0 Å². The summed E-state index contributed by atoms with van der Waals surface area (Å²) in [5, 5.41) is 0. The van der Waals surface area contributed by atoms with E-state index in [4.69, 9.17) is 19.9 Å². The molecule has 0 spiro atoms. The van der Waals surface area contributed by atoms with Gasteiger partial charge in [-0.25, -0.2) is 15.0 Å². The fourth-order valence-electron chi connectivity index (χ4n) is 4.03. The van der Waals surface area contributed by atoms with Crippen LogP contribution >= 0.6 is 0 Å². The number of fused-ring (bicyclic) bond motifs is 2. The summed E-state index contributed by atoms with van der Waals surface area (Å²) in [5.41, 5.74) is 9.26. The second-order valence-corrected chi connectivity index (χ2v) is 7.82. The molecule has 0 amide bonds. The van der Waals surface area contributed by atoms with E-state index in [1.54, 1.807) is 6.33 Å². The van der Waals surface area contributed by atoms with Crippen molar-refractivity contribution >= 4 is 22.7 Å². The Hall–Kier alpha value is -2.81. The van der Waals surface area contributed by atoms with Crippen LogP contribution in [-0.4, -0.2) is 44.1 Å². The van der Waals surface area contributed by atoms with E-state index in [2.05, 4.69) is 33.2 Å². The SMILES string of the molecule is CC1(C)O[C@@H]2[C@H](O1)C(n1cnc3c(N)ncnc31)=C[C@H]2COCc1ccccc1. The Morgan fingerprint density at radius 1 is 1.14 bits per heavy atom. The topological polar surface area (TPSA) is 97.3 Å². The highest BCUT2D eigenvalue weighted by atomic mass is 16.8. The van der Waals surface area contributed by atoms with Gasteiger partial charge < -0.3 is 19.9 Å². The zero-order valence-corrected chi connectivity index (χ0v) is 16.4. The van der Waals surface area contributed by atoms with E-state index in [0.29, 0.717) is 30.2 Å². The number of aromatic nitrogens is 4. The lowest BCUT2D eigenvalue weighted by molar-refractivity contribution is -0.149. The fourth-order valence-corrected chi connectivity index (χ4v) is 4.03. The summed E-state index contributed by atoms with van der Waals surface area (Å²) in [4.78, 5) is 12.8. The summed E-state index contributed by atoms with van der Waals surface area (Å²) >= 11 is 0. The standard InChI is InChI=1S/C21H23N5O3/c1-21(2)28-17-14(10-27-9-13-6-4-3-5-7-13)8-15(18(17)29-21)26-12-25-16-19(22)23-11-24-20(16)26/h3-8,11-12,14,17-18H,9-10H2,1-2H3,(H2,22,23,24)/t14-,17-,18+/m0/s1. The first kappa shape index (κ1) is 18.2. The molecule has 1 aliphatic heterocycles. The summed E-state index contributed by atoms with van der Waals surface area (Å²) in [6.07, 6.45) is 4.92. The van der Waals surface area contributed by atoms with Gasteiger partial charge in [0.25, 0.3) is 0 Å². The first-order chi connectivity index (χ1) is 14.0. The van der Waals surface area contributed by atoms with Crippen LogP contribution in [0.1, 0.15) is 19.4 Å². The average molecular weight is 393 g/mol. The molecule has 3 aromatic rings. The number of nitrogens with zero attached hydrogens (tertiary/aromatic N) is 4. The predicted molar refractivity (Wildman–Crippen MR) is 107 cm³/mol. The minimum absolute atomic E-state index is 0.0529. The van der Waals surface area contributed by atoms with Crippen LogP contribution in [0.4, 0.5) is 5.82 Å². The highest BCUT2D eigenvalue weighted by Crippen LogP contribution is 2.43. The van der Waals surface area contributed by atoms with Gasteiger partial charge in [-0.2, -0.15) is 0 Å². The van der Waals surface area contributed by atoms with Crippen LogP contribution in [0.2, 0.25) is 0 Å². The zero-order valence-electron chi connectivity index (χ0n) is 16.4. The Kier molecular flexibility index (Phi) is 4.34. The predicted octanol–water partition coefficient (Wildman–Crippen LogP) is 2.62. The van der Waals surface area contributed by atoms with Gasteiger partial charge in [-0.1, -0.05) is 36.4 Å². The second-order valence-electron chi connectivity index (χ2n) is 7.82. The lowest BCUT2D eigenvalue weighted by atomic mass is 10.1. The van der Waals surface area contributed by atoms with Crippen LogP contribution in [0, 0.1) is 5.92 Å². The van der Waals surface area contributed by atoms with E-state index in [1.165, 1.54) is 6.33 Å². The van der Waals surface area contributed by atoms with Gasteiger partial charge in [-0.05, 0) is 19.4 Å². The average Bonchev–Trinajstić information content (AvgIpc) is 3.35. The van der Waals surface area contributed by atoms with Gasteiger partial charge in [0.1, 0.15) is 24.9 Å². The molecule has 2 aliphatic rings. The number of ether oxygens (including phenoxy) is 3. The van der Waals surface area contributed by atoms with Gasteiger partial charge in [0.05, 0.1) is 18.9 Å². The van der Waals surface area contributed by atoms with Crippen molar-refractivity contribution in [3.8, 4) is 0 Å². The van der Waals surface area contributed by atoms with Crippen molar-refractivity contribution in [1.82, 2.24) is 19.5 Å². The molecule has 29 heavy (non-hydrogen) atoms. The molecule has 0 radical (unpaired) electrons. The van der Waals surface area contributed by atoms with E-state index in [-0.39, 0.29) is 18.1 Å². The molecule has 1 aliphatic carbocycles. The maximum atomic E-state index is 6.21. The summed E-state index contributed by atoms with van der Waals surface area (Å²) in [6, 6.07) is 10.1. The number of nitrogen functional groups attached to an aromatic ring is 1. The van der Waals surface area contributed by atoms with Crippen molar-refractivity contribution in [1.29, 1.82) is 0 Å². The molecule has 0 unspecified atom stereocenters. The van der Waals surface area contributed by atoms with E-state index in [1.807, 2.05) is 36.6 Å². The number of anilines is 1. The first-order valence-corrected chi connectivity index (χ1v) is 9.65. The highest BCUT2D eigenvalue weighted by Gasteiger charge is 2.50. The van der Waals surface area contributed by atoms with Crippen molar-refractivity contribution in [3.63, 3.8) is 0 Å². The van der Waals surface area contributed by atoms with Crippen molar-refractivity contribution in [3.05, 3.63) is 54.6 Å². The quantitative estimate of drug-likeness (QED) is 0.711. The number of hydrogen-bond donors (Lipinski definition) is 1. The van der Waals surface area contributed by atoms with E-state index in [9.17, 15) is 0 Å². The summed E-state index contributed by atoms with van der Waals surface area (Å²) in [5.74, 6) is -0.260. The number of hydrogen-bond acceptors (Lipinski definition) is 7. The van der Waals surface area contributed by atoms with Crippen LogP contribution in [0.25, 0.3) is 16.9 Å². The van der Waals surface area contributed by atoms with Crippen LogP contribution in [0.15, 0.2) is 49.1 Å². The molecule has 8 nitrogen and oxygen atoms in total.